The standard InChI is InChI=1S/C20H30O5/c1-17(2)19(21)24-15-11-7-5-9-13-23-14-10-6-8-12-16-25-20(22)18(3)4/h9-10,13-14H,1,3,5-8,11-12,15-16H2,2,4H3. The van der Waals surface area contributed by atoms with Gasteiger partial charge in [0, 0.05) is 11.1 Å². The molecular formula is C20H30O5. The Balaban J connectivity index is 3.40. The minimum Gasteiger partial charge on any atom is -0.473 e. The topological polar surface area (TPSA) is 61.8 Å². The van der Waals surface area contributed by atoms with E-state index in [1.807, 2.05) is 12.2 Å². The highest BCUT2D eigenvalue weighted by Crippen LogP contribution is 2.02. The number of allylic oxidation sites excluding steroid dienone is 2. The number of hydrogen-bond donors (Lipinski definition) is 0. The molecule has 5 heteroatoms. The zero-order valence-corrected chi connectivity index (χ0v) is 15.4. The molecule has 0 aliphatic heterocycles. The maximum Gasteiger partial charge on any atom is 0.333 e. The summed E-state index contributed by atoms with van der Waals surface area (Å²) in [5.41, 5.74) is 0.848. The molecule has 0 aromatic rings. The van der Waals surface area contributed by atoms with Gasteiger partial charge in [0.05, 0.1) is 25.7 Å². The summed E-state index contributed by atoms with van der Waals surface area (Å²) >= 11 is 0. The Morgan fingerprint density at radius 2 is 1.16 bits per heavy atom. The largest absolute Gasteiger partial charge is 0.473 e. The lowest BCUT2D eigenvalue weighted by Crippen LogP contribution is -2.05. The molecule has 0 amide bonds. The van der Waals surface area contributed by atoms with Crippen LogP contribution in [0.3, 0.4) is 0 Å². The SMILES string of the molecule is C=C(C)C(=O)OCCCCC=COC=CCCCCOC(=O)C(=C)C. The first-order valence-corrected chi connectivity index (χ1v) is 8.56. The summed E-state index contributed by atoms with van der Waals surface area (Å²) in [4.78, 5) is 22.3. The van der Waals surface area contributed by atoms with Gasteiger partial charge in [-0.3, -0.25) is 0 Å². The molecule has 0 radical (unpaired) electrons. The summed E-state index contributed by atoms with van der Waals surface area (Å²) in [6, 6.07) is 0. The van der Waals surface area contributed by atoms with Crippen molar-refractivity contribution in [3.05, 3.63) is 49.0 Å². The van der Waals surface area contributed by atoms with Crippen LogP contribution in [0.15, 0.2) is 49.0 Å². The van der Waals surface area contributed by atoms with E-state index in [0.717, 1.165) is 38.5 Å². The Hall–Kier alpha value is -2.30. The van der Waals surface area contributed by atoms with Crippen molar-refractivity contribution in [2.24, 2.45) is 0 Å². The minimum absolute atomic E-state index is 0.335. The molecule has 0 saturated carbocycles. The Labute approximate surface area is 151 Å². The summed E-state index contributed by atoms with van der Waals surface area (Å²) in [6.45, 7) is 11.1. The van der Waals surface area contributed by atoms with Gasteiger partial charge >= 0.3 is 11.9 Å². The van der Waals surface area contributed by atoms with E-state index in [-0.39, 0.29) is 11.9 Å². The second-order valence-corrected chi connectivity index (χ2v) is 5.70. The van der Waals surface area contributed by atoms with E-state index < -0.39 is 0 Å². The smallest absolute Gasteiger partial charge is 0.333 e. The van der Waals surface area contributed by atoms with Crippen LogP contribution in [0.1, 0.15) is 52.4 Å². The zero-order chi connectivity index (χ0) is 18.9. The van der Waals surface area contributed by atoms with Crippen molar-refractivity contribution >= 4 is 11.9 Å². The van der Waals surface area contributed by atoms with Crippen LogP contribution in [0.5, 0.6) is 0 Å². The zero-order valence-electron chi connectivity index (χ0n) is 15.4. The Bertz CT molecular complexity index is 444. The average Bonchev–Trinajstić information content (AvgIpc) is 2.57. The van der Waals surface area contributed by atoms with Crippen LogP contribution < -0.4 is 0 Å². The highest BCUT2D eigenvalue weighted by atomic mass is 16.5. The quantitative estimate of drug-likeness (QED) is 0.198. The van der Waals surface area contributed by atoms with E-state index in [0.29, 0.717) is 24.4 Å². The molecule has 0 aromatic heterocycles. The third-order valence-electron chi connectivity index (χ3n) is 3.04. The summed E-state index contributed by atoms with van der Waals surface area (Å²) in [5, 5.41) is 0. The molecule has 5 nitrogen and oxygen atoms in total. The number of hydrogen-bond acceptors (Lipinski definition) is 5. The maximum atomic E-state index is 11.1. The lowest BCUT2D eigenvalue weighted by Gasteiger charge is -2.02. The third-order valence-corrected chi connectivity index (χ3v) is 3.04. The van der Waals surface area contributed by atoms with Crippen molar-refractivity contribution < 1.29 is 23.8 Å². The predicted octanol–water partition coefficient (Wildman–Crippen LogP) is 4.61. The monoisotopic (exact) mass is 350 g/mol. The molecule has 25 heavy (non-hydrogen) atoms. The molecule has 0 bridgehead atoms. The molecule has 0 saturated heterocycles. The first-order chi connectivity index (χ1) is 11.9. The van der Waals surface area contributed by atoms with Crippen molar-refractivity contribution in [3.63, 3.8) is 0 Å². The number of rotatable bonds is 14. The van der Waals surface area contributed by atoms with Crippen LogP contribution in [0.25, 0.3) is 0 Å². The molecule has 0 unspecified atom stereocenters. The molecule has 0 N–H and O–H groups in total. The number of esters is 2. The Morgan fingerprint density at radius 1 is 0.760 bits per heavy atom. The van der Waals surface area contributed by atoms with Crippen LogP contribution in [-0.2, 0) is 23.8 Å². The van der Waals surface area contributed by atoms with Crippen molar-refractivity contribution in [3.8, 4) is 0 Å². The van der Waals surface area contributed by atoms with Gasteiger partial charge in [-0.1, -0.05) is 13.2 Å². The fourth-order valence-electron chi connectivity index (χ4n) is 1.60. The molecule has 0 aromatic carbocycles. The fraction of sp³-hybridized carbons (Fsp3) is 0.500. The maximum absolute atomic E-state index is 11.1. The van der Waals surface area contributed by atoms with Crippen molar-refractivity contribution in [2.75, 3.05) is 13.2 Å². The van der Waals surface area contributed by atoms with Crippen LogP contribution in [0.2, 0.25) is 0 Å². The molecule has 0 rings (SSSR count). The molecule has 0 atom stereocenters. The highest BCUT2D eigenvalue weighted by molar-refractivity contribution is 5.87. The average molecular weight is 350 g/mol. The fourth-order valence-corrected chi connectivity index (χ4v) is 1.60. The number of ether oxygens (including phenoxy) is 3. The molecule has 0 aliphatic carbocycles. The van der Waals surface area contributed by atoms with Gasteiger partial charge in [0.2, 0.25) is 0 Å². The van der Waals surface area contributed by atoms with Crippen LogP contribution in [-0.4, -0.2) is 25.2 Å². The van der Waals surface area contributed by atoms with Crippen LogP contribution in [0, 0.1) is 0 Å². The number of unbranched alkanes of at least 4 members (excludes halogenated alkanes) is 4. The minimum atomic E-state index is -0.335. The molecule has 0 fully saturated rings. The number of carbonyl (C=O) groups is 2. The second-order valence-electron chi connectivity index (χ2n) is 5.70. The van der Waals surface area contributed by atoms with Gasteiger partial charge in [-0.05, 0) is 64.5 Å². The summed E-state index contributed by atoms with van der Waals surface area (Å²) in [7, 11) is 0. The molecule has 140 valence electrons. The predicted molar refractivity (Wildman–Crippen MR) is 98.6 cm³/mol. The lowest BCUT2D eigenvalue weighted by atomic mass is 10.2. The number of carbonyl (C=O) groups excluding carboxylic acids is 2. The van der Waals surface area contributed by atoms with Gasteiger partial charge in [0.1, 0.15) is 0 Å². The van der Waals surface area contributed by atoms with Crippen molar-refractivity contribution in [1.82, 2.24) is 0 Å². The van der Waals surface area contributed by atoms with Gasteiger partial charge in [0.15, 0.2) is 0 Å². The Kier molecular flexibility index (Phi) is 13.8. The summed E-state index contributed by atoms with van der Waals surface area (Å²) in [6.07, 6.45) is 12.4. The van der Waals surface area contributed by atoms with Gasteiger partial charge < -0.3 is 14.2 Å². The highest BCUT2D eigenvalue weighted by Gasteiger charge is 2.01. The van der Waals surface area contributed by atoms with Gasteiger partial charge in [-0.15, -0.1) is 0 Å². The first-order valence-electron chi connectivity index (χ1n) is 8.56. The molecule has 0 heterocycles. The lowest BCUT2D eigenvalue weighted by molar-refractivity contribution is -0.139. The molecule has 0 aliphatic rings. The van der Waals surface area contributed by atoms with E-state index >= 15 is 0 Å². The third kappa shape index (κ3) is 15.0. The van der Waals surface area contributed by atoms with Gasteiger partial charge in [-0.2, -0.15) is 0 Å². The van der Waals surface area contributed by atoms with Crippen LogP contribution >= 0.6 is 0 Å². The second kappa shape index (κ2) is 15.2. The van der Waals surface area contributed by atoms with Crippen molar-refractivity contribution in [1.29, 1.82) is 0 Å². The first kappa shape index (κ1) is 22.7. The van der Waals surface area contributed by atoms with E-state index in [2.05, 4.69) is 13.2 Å². The van der Waals surface area contributed by atoms with E-state index in [1.165, 1.54) is 0 Å². The summed E-state index contributed by atoms with van der Waals surface area (Å²) in [5.74, 6) is -0.670. The molecular weight excluding hydrogens is 320 g/mol. The summed E-state index contributed by atoms with van der Waals surface area (Å²) < 4.78 is 15.2. The van der Waals surface area contributed by atoms with Gasteiger partial charge in [-0.25, -0.2) is 9.59 Å². The molecule has 0 spiro atoms. The van der Waals surface area contributed by atoms with E-state index in [4.69, 9.17) is 14.2 Å². The normalized spacial score (nSPS) is 10.8. The Morgan fingerprint density at radius 3 is 1.52 bits per heavy atom. The van der Waals surface area contributed by atoms with E-state index in [1.54, 1.807) is 26.4 Å². The van der Waals surface area contributed by atoms with Gasteiger partial charge in [0.25, 0.3) is 0 Å². The van der Waals surface area contributed by atoms with Crippen LogP contribution in [0.4, 0.5) is 0 Å². The van der Waals surface area contributed by atoms with E-state index in [9.17, 15) is 9.59 Å². The van der Waals surface area contributed by atoms with Crippen molar-refractivity contribution in [2.45, 2.75) is 52.4 Å².